The van der Waals surface area contributed by atoms with Crippen LogP contribution in [0.3, 0.4) is 0 Å². The largest absolute Gasteiger partial charge is 0.326 e. The molecule has 35 heavy (non-hydrogen) atoms. The molecule has 1 amide bonds. The summed E-state index contributed by atoms with van der Waals surface area (Å²) >= 11 is 0. The van der Waals surface area contributed by atoms with Crippen molar-refractivity contribution in [2.75, 3.05) is 31.5 Å². The van der Waals surface area contributed by atoms with Crippen molar-refractivity contribution in [3.63, 3.8) is 0 Å². The van der Waals surface area contributed by atoms with Gasteiger partial charge >= 0.3 is 0 Å². The first-order valence-corrected chi connectivity index (χ1v) is 12.2. The Morgan fingerprint density at radius 2 is 1.29 bits per heavy atom. The summed E-state index contributed by atoms with van der Waals surface area (Å²) in [5.74, 6) is -0.0418. The quantitative estimate of drug-likeness (QED) is 0.420. The standard InChI is InChI=1S/C29H31N5O/c35-29(19-26-20-30-34(23-26)28-9-5-2-6-10-28)31-27-13-11-25(12-14-27)22-33-17-15-32(16-18-33)21-24-7-3-1-4-8-24/h1-14,20,23H,15-19,21-22H2,(H,31,35). The van der Waals surface area contributed by atoms with Crippen molar-refractivity contribution in [3.05, 3.63) is 114 Å². The van der Waals surface area contributed by atoms with Gasteiger partial charge < -0.3 is 5.32 Å². The molecule has 3 aromatic carbocycles. The predicted octanol–water partition coefficient (Wildman–Crippen LogP) is 4.37. The van der Waals surface area contributed by atoms with E-state index in [0.717, 1.165) is 56.2 Å². The van der Waals surface area contributed by atoms with Crippen LogP contribution in [0.5, 0.6) is 0 Å². The highest BCUT2D eigenvalue weighted by atomic mass is 16.1. The van der Waals surface area contributed by atoms with Gasteiger partial charge in [-0.05, 0) is 41.0 Å². The van der Waals surface area contributed by atoms with Crippen LogP contribution in [0.4, 0.5) is 5.69 Å². The third-order valence-electron chi connectivity index (χ3n) is 6.38. The van der Waals surface area contributed by atoms with Gasteiger partial charge in [0.15, 0.2) is 0 Å². The molecule has 0 bridgehead atoms. The maximum absolute atomic E-state index is 12.5. The fourth-order valence-corrected chi connectivity index (χ4v) is 4.46. The number of carbonyl (C=O) groups excluding carboxylic acids is 1. The fourth-order valence-electron chi connectivity index (χ4n) is 4.46. The Morgan fingerprint density at radius 3 is 1.91 bits per heavy atom. The fraction of sp³-hybridized carbons (Fsp3) is 0.241. The van der Waals surface area contributed by atoms with Crippen LogP contribution in [-0.2, 0) is 24.3 Å². The number of nitrogens with one attached hydrogen (secondary N) is 1. The zero-order valence-corrected chi connectivity index (χ0v) is 19.9. The minimum Gasteiger partial charge on any atom is -0.326 e. The Labute approximate surface area is 206 Å². The van der Waals surface area contributed by atoms with Gasteiger partial charge in [0.2, 0.25) is 5.91 Å². The molecule has 1 saturated heterocycles. The molecule has 5 rings (SSSR count). The van der Waals surface area contributed by atoms with Crippen molar-refractivity contribution in [2.24, 2.45) is 0 Å². The number of anilines is 1. The van der Waals surface area contributed by atoms with Crippen molar-refractivity contribution < 1.29 is 4.79 Å². The number of aromatic nitrogens is 2. The number of para-hydroxylation sites is 1. The van der Waals surface area contributed by atoms with Gasteiger partial charge in [0, 0.05) is 51.2 Å². The van der Waals surface area contributed by atoms with Crippen LogP contribution in [0, 0.1) is 0 Å². The molecule has 2 heterocycles. The molecule has 6 heteroatoms. The van der Waals surface area contributed by atoms with Gasteiger partial charge in [-0.1, -0.05) is 60.7 Å². The molecule has 1 aromatic heterocycles. The van der Waals surface area contributed by atoms with E-state index in [1.807, 2.05) is 48.7 Å². The molecule has 1 N–H and O–H groups in total. The summed E-state index contributed by atoms with van der Waals surface area (Å²) in [6.45, 7) is 6.28. The number of piperazine rings is 1. The smallest absolute Gasteiger partial charge is 0.228 e. The van der Waals surface area contributed by atoms with Gasteiger partial charge in [-0.15, -0.1) is 0 Å². The van der Waals surface area contributed by atoms with E-state index in [1.54, 1.807) is 10.9 Å². The molecule has 0 saturated carbocycles. The van der Waals surface area contributed by atoms with Crippen molar-refractivity contribution in [1.29, 1.82) is 0 Å². The average Bonchev–Trinajstić information content (AvgIpc) is 3.36. The molecule has 0 atom stereocenters. The highest BCUT2D eigenvalue weighted by molar-refractivity contribution is 5.92. The molecule has 0 aliphatic carbocycles. The van der Waals surface area contributed by atoms with E-state index in [1.165, 1.54) is 11.1 Å². The van der Waals surface area contributed by atoms with E-state index in [4.69, 9.17) is 0 Å². The van der Waals surface area contributed by atoms with Gasteiger partial charge in [-0.25, -0.2) is 4.68 Å². The van der Waals surface area contributed by atoms with Crippen LogP contribution in [0.25, 0.3) is 5.69 Å². The Kier molecular flexibility index (Phi) is 7.32. The molecule has 6 nitrogen and oxygen atoms in total. The summed E-state index contributed by atoms with van der Waals surface area (Å²) in [5.41, 5.74) is 5.33. The third-order valence-corrected chi connectivity index (χ3v) is 6.38. The van der Waals surface area contributed by atoms with Gasteiger partial charge in [-0.3, -0.25) is 14.6 Å². The summed E-state index contributed by atoms with van der Waals surface area (Å²) < 4.78 is 1.79. The van der Waals surface area contributed by atoms with E-state index in [-0.39, 0.29) is 5.91 Å². The highest BCUT2D eigenvalue weighted by Gasteiger charge is 2.17. The third kappa shape index (κ3) is 6.44. The number of nitrogens with zero attached hydrogens (tertiary/aromatic N) is 4. The minimum absolute atomic E-state index is 0.0418. The zero-order valence-electron chi connectivity index (χ0n) is 19.9. The zero-order chi connectivity index (χ0) is 23.9. The second kappa shape index (κ2) is 11.1. The van der Waals surface area contributed by atoms with Crippen molar-refractivity contribution in [1.82, 2.24) is 19.6 Å². The molecular weight excluding hydrogens is 434 g/mol. The molecule has 1 aliphatic heterocycles. The van der Waals surface area contributed by atoms with Gasteiger partial charge in [0.1, 0.15) is 0 Å². The maximum atomic E-state index is 12.5. The van der Waals surface area contributed by atoms with Crippen molar-refractivity contribution in [2.45, 2.75) is 19.5 Å². The van der Waals surface area contributed by atoms with Crippen LogP contribution < -0.4 is 5.32 Å². The molecule has 0 unspecified atom stereocenters. The summed E-state index contributed by atoms with van der Waals surface area (Å²) in [4.78, 5) is 17.6. The van der Waals surface area contributed by atoms with Gasteiger partial charge in [0.05, 0.1) is 18.3 Å². The molecule has 0 spiro atoms. The second-order valence-corrected chi connectivity index (χ2v) is 9.09. The second-order valence-electron chi connectivity index (χ2n) is 9.09. The summed E-state index contributed by atoms with van der Waals surface area (Å²) in [7, 11) is 0. The van der Waals surface area contributed by atoms with E-state index in [2.05, 4.69) is 62.7 Å². The van der Waals surface area contributed by atoms with E-state index in [0.29, 0.717) is 6.42 Å². The maximum Gasteiger partial charge on any atom is 0.228 e. The number of carbonyl (C=O) groups is 1. The van der Waals surface area contributed by atoms with Crippen LogP contribution in [0.15, 0.2) is 97.3 Å². The number of benzene rings is 3. The first-order valence-electron chi connectivity index (χ1n) is 12.2. The van der Waals surface area contributed by atoms with Crippen LogP contribution in [-0.4, -0.2) is 51.7 Å². The Balaban J connectivity index is 1.07. The lowest BCUT2D eigenvalue weighted by atomic mass is 10.1. The van der Waals surface area contributed by atoms with Crippen molar-refractivity contribution >= 4 is 11.6 Å². The molecule has 1 aliphatic rings. The summed E-state index contributed by atoms with van der Waals surface area (Å²) in [6, 6.07) is 28.8. The number of hydrogen-bond donors (Lipinski definition) is 1. The summed E-state index contributed by atoms with van der Waals surface area (Å²) in [6.07, 6.45) is 3.94. The average molecular weight is 466 g/mol. The van der Waals surface area contributed by atoms with E-state index < -0.39 is 0 Å². The topological polar surface area (TPSA) is 53.4 Å². The lowest BCUT2D eigenvalue weighted by Gasteiger charge is -2.34. The highest BCUT2D eigenvalue weighted by Crippen LogP contribution is 2.15. The lowest BCUT2D eigenvalue weighted by Crippen LogP contribution is -2.45. The molecule has 0 radical (unpaired) electrons. The number of hydrogen-bond acceptors (Lipinski definition) is 4. The Bertz CT molecular complexity index is 1210. The summed E-state index contributed by atoms with van der Waals surface area (Å²) in [5, 5.41) is 7.37. The van der Waals surface area contributed by atoms with E-state index >= 15 is 0 Å². The van der Waals surface area contributed by atoms with Crippen LogP contribution >= 0.6 is 0 Å². The van der Waals surface area contributed by atoms with Crippen molar-refractivity contribution in [3.8, 4) is 5.69 Å². The Hall–Kier alpha value is -3.74. The van der Waals surface area contributed by atoms with Crippen LogP contribution in [0.2, 0.25) is 0 Å². The first kappa shape index (κ1) is 23.0. The SMILES string of the molecule is O=C(Cc1cnn(-c2ccccc2)c1)Nc1ccc(CN2CCN(Cc3ccccc3)CC2)cc1. The van der Waals surface area contributed by atoms with E-state index in [9.17, 15) is 4.79 Å². The number of amides is 1. The Morgan fingerprint density at radius 1 is 0.714 bits per heavy atom. The molecule has 4 aromatic rings. The monoisotopic (exact) mass is 465 g/mol. The van der Waals surface area contributed by atoms with Gasteiger partial charge in [-0.2, -0.15) is 5.10 Å². The molecule has 1 fully saturated rings. The molecule has 178 valence electrons. The van der Waals surface area contributed by atoms with Crippen LogP contribution in [0.1, 0.15) is 16.7 Å². The van der Waals surface area contributed by atoms with Gasteiger partial charge in [0.25, 0.3) is 0 Å². The first-order chi connectivity index (χ1) is 17.2. The minimum atomic E-state index is -0.0418. The lowest BCUT2D eigenvalue weighted by molar-refractivity contribution is -0.115. The number of rotatable bonds is 8. The normalized spacial score (nSPS) is 14.6. The molecular formula is C29H31N5O. The predicted molar refractivity (Wildman–Crippen MR) is 139 cm³/mol.